The summed E-state index contributed by atoms with van der Waals surface area (Å²) in [6, 6.07) is 9.89. The molecule has 1 aliphatic carbocycles. The molecule has 1 saturated carbocycles. The van der Waals surface area contributed by atoms with Crippen molar-refractivity contribution in [2.24, 2.45) is 11.8 Å². The van der Waals surface area contributed by atoms with Gasteiger partial charge < -0.3 is 14.6 Å². The van der Waals surface area contributed by atoms with Gasteiger partial charge in [-0.25, -0.2) is 0 Å². The molecule has 2 aliphatic rings. The highest BCUT2D eigenvalue weighted by Gasteiger charge is 2.25. The van der Waals surface area contributed by atoms with E-state index in [0.717, 1.165) is 47.1 Å². The second kappa shape index (κ2) is 9.71. The average molecular weight is 423 g/mol. The summed E-state index contributed by atoms with van der Waals surface area (Å²) in [5, 5.41) is 3.04. The third kappa shape index (κ3) is 5.57. The van der Waals surface area contributed by atoms with Crippen LogP contribution in [0.4, 0.5) is 5.69 Å². The Hall–Kier alpha value is -2.56. The Balaban J connectivity index is 1.39. The van der Waals surface area contributed by atoms with Crippen LogP contribution in [0.3, 0.4) is 0 Å². The molecule has 4 rings (SSSR count). The highest BCUT2D eigenvalue weighted by molar-refractivity contribution is 5.91. The molecule has 5 nitrogen and oxygen atoms in total. The molecule has 1 N–H and O–H groups in total. The van der Waals surface area contributed by atoms with Crippen LogP contribution in [0.2, 0.25) is 0 Å². The lowest BCUT2D eigenvalue weighted by molar-refractivity contribution is -0.133. The van der Waals surface area contributed by atoms with Crippen LogP contribution >= 0.6 is 0 Å². The number of amides is 2. The zero-order valence-corrected chi connectivity index (χ0v) is 18.8. The number of nitrogens with zero attached hydrogens (tertiary/aromatic N) is 1. The summed E-state index contributed by atoms with van der Waals surface area (Å²) in [5.74, 6) is 3.15. The van der Waals surface area contributed by atoms with Crippen LogP contribution in [0.15, 0.2) is 34.7 Å². The van der Waals surface area contributed by atoms with Crippen LogP contribution in [-0.2, 0) is 22.6 Å². The summed E-state index contributed by atoms with van der Waals surface area (Å²) in [6.07, 6.45) is 8.07. The van der Waals surface area contributed by atoms with Gasteiger partial charge in [0, 0.05) is 49.2 Å². The van der Waals surface area contributed by atoms with Gasteiger partial charge >= 0.3 is 0 Å². The SMILES string of the molecule is CC(C)CC(=O)N1CCc2oc(-c3cccc(NC(=O)CCC4CCCC4)c3)cc2C1. The fraction of sp³-hybridized carbons (Fsp3) is 0.538. The van der Waals surface area contributed by atoms with Crippen molar-refractivity contribution in [1.29, 1.82) is 0 Å². The molecule has 0 saturated heterocycles. The van der Waals surface area contributed by atoms with Gasteiger partial charge in [0.15, 0.2) is 0 Å². The third-order valence-electron chi connectivity index (χ3n) is 6.49. The zero-order chi connectivity index (χ0) is 21.8. The molecule has 1 aromatic carbocycles. The minimum atomic E-state index is 0.0853. The Bertz CT molecular complexity index is 924. The first-order valence-corrected chi connectivity index (χ1v) is 11.8. The van der Waals surface area contributed by atoms with Gasteiger partial charge in [-0.3, -0.25) is 9.59 Å². The van der Waals surface area contributed by atoms with Crippen molar-refractivity contribution >= 4 is 17.5 Å². The van der Waals surface area contributed by atoms with E-state index in [0.29, 0.717) is 31.8 Å². The number of rotatable bonds is 7. The van der Waals surface area contributed by atoms with Gasteiger partial charge in [-0.15, -0.1) is 0 Å². The average Bonchev–Trinajstić information content (AvgIpc) is 3.41. The number of fused-ring (bicyclic) bond motifs is 1. The van der Waals surface area contributed by atoms with E-state index in [1.54, 1.807) is 0 Å². The predicted molar refractivity (Wildman–Crippen MR) is 123 cm³/mol. The van der Waals surface area contributed by atoms with Crippen molar-refractivity contribution in [2.75, 3.05) is 11.9 Å². The maximum absolute atomic E-state index is 12.4. The van der Waals surface area contributed by atoms with Crippen LogP contribution in [0.5, 0.6) is 0 Å². The van der Waals surface area contributed by atoms with Crippen LogP contribution in [0.1, 0.15) is 70.1 Å². The van der Waals surface area contributed by atoms with Gasteiger partial charge in [0.1, 0.15) is 11.5 Å². The van der Waals surface area contributed by atoms with Crippen molar-refractivity contribution in [1.82, 2.24) is 4.90 Å². The Morgan fingerprint density at radius 3 is 2.77 bits per heavy atom. The Kier molecular flexibility index (Phi) is 6.79. The van der Waals surface area contributed by atoms with E-state index in [4.69, 9.17) is 4.42 Å². The largest absolute Gasteiger partial charge is 0.461 e. The molecule has 2 amide bonds. The van der Waals surface area contributed by atoms with Gasteiger partial charge in [-0.1, -0.05) is 51.7 Å². The number of nitrogens with one attached hydrogen (secondary N) is 1. The molecular formula is C26H34N2O3. The molecule has 2 heterocycles. The Labute approximate surface area is 185 Å². The molecule has 166 valence electrons. The minimum Gasteiger partial charge on any atom is -0.461 e. The molecule has 0 radical (unpaired) electrons. The summed E-state index contributed by atoms with van der Waals surface area (Å²) in [4.78, 5) is 26.7. The summed E-state index contributed by atoms with van der Waals surface area (Å²) in [7, 11) is 0. The number of carbonyl (C=O) groups is 2. The first-order valence-electron chi connectivity index (χ1n) is 11.8. The quantitative estimate of drug-likeness (QED) is 0.615. The summed E-state index contributed by atoms with van der Waals surface area (Å²) in [5.41, 5.74) is 2.84. The number of furan rings is 1. The fourth-order valence-corrected chi connectivity index (χ4v) is 4.77. The minimum absolute atomic E-state index is 0.0853. The summed E-state index contributed by atoms with van der Waals surface area (Å²) in [6.45, 7) is 5.47. The topological polar surface area (TPSA) is 62.6 Å². The van der Waals surface area contributed by atoms with Crippen LogP contribution in [0, 0.1) is 11.8 Å². The lowest BCUT2D eigenvalue weighted by atomic mass is 10.0. The highest BCUT2D eigenvalue weighted by Crippen LogP contribution is 2.32. The molecule has 0 unspecified atom stereocenters. The Morgan fingerprint density at radius 2 is 2.00 bits per heavy atom. The number of anilines is 1. The van der Waals surface area contributed by atoms with Crippen LogP contribution < -0.4 is 5.32 Å². The van der Waals surface area contributed by atoms with Crippen LogP contribution in [0.25, 0.3) is 11.3 Å². The summed E-state index contributed by atoms with van der Waals surface area (Å²) < 4.78 is 6.13. The van der Waals surface area contributed by atoms with Gasteiger partial charge in [-0.2, -0.15) is 0 Å². The van der Waals surface area contributed by atoms with E-state index in [1.165, 1.54) is 25.7 Å². The second-order valence-corrected chi connectivity index (χ2v) is 9.54. The van der Waals surface area contributed by atoms with E-state index >= 15 is 0 Å². The highest BCUT2D eigenvalue weighted by atomic mass is 16.3. The zero-order valence-electron chi connectivity index (χ0n) is 18.8. The molecular weight excluding hydrogens is 388 g/mol. The molecule has 1 aliphatic heterocycles. The first kappa shape index (κ1) is 21.7. The molecule has 5 heteroatoms. The van der Waals surface area contributed by atoms with Crippen LogP contribution in [-0.4, -0.2) is 23.3 Å². The van der Waals surface area contributed by atoms with Gasteiger partial charge in [0.25, 0.3) is 0 Å². The number of hydrogen-bond donors (Lipinski definition) is 1. The normalized spacial score (nSPS) is 16.5. The van der Waals surface area contributed by atoms with Crippen molar-refractivity contribution in [3.05, 3.63) is 41.7 Å². The Morgan fingerprint density at radius 1 is 1.19 bits per heavy atom. The number of benzene rings is 1. The van der Waals surface area contributed by atoms with E-state index in [9.17, 15) is 9.59 Å². The summed E-state index contributed by atoms with van der Waals surface area (Å²) >= 11 is 0. The predicted octanol–water partition coefficient (Wildman–Crippen LogP) is 5.79. The van der Waals surface area contributed by atoms with E-state index < -0.39 is 0 Å². The molecule has 0 bridgehead atoms. The maximum atomic E-state index is 12.4. The molecule has 1 fully saturated rings. The molecule has 1 aromatic heterocycles. The van der Waals surface area contributed by atoms with Crippen molar-refractivity contribution in [2.45, 2.75) is 71.8 Å². The number of hydrogen-bond acceptors (Lipinski definition) is 3. The maximum Gasteiger partial charge on any atom is 0.224 e. The standard InChI is InChI=1S/C26H34N2O3/c1-18(2)14-26(30)28-13-12-23-21(17-28)16-24(31-23)20-8-5-9-22(15-20)27-25(29)11-10-19-6-3-4-7-19/h5,8-9,15-16,18-19H,3-4,6-7,10-14,17H2,1-2H3,(H,27,29). The molecule has 2 aromatic rings. The van der Waals surface area contributed by atoms with Gasteiger partial charge in [0.05, 0.1) is 0 Å². The van der Waals surface area contributed by atoms with E-state index in [1.807, 2.05) is 35.2 Å². The van der Waals surface area contributed by atoms with Crippen molar-refractivity contribution in [3.63, 3.8) is 0 Å². The lowest BCUT2D eigenvalue weighted by Crippen LogP contribution is -2.35. The molecule has 31 heavy (non-hydrogen) atoms. The second-order valence-electron chi connectivity index (χ2n) is 9.54. The van der Waals surface area contributed by atoms with E-state index in [2.05, 4.69) is 19.2 Å². The lowest BCUT2D eigenvalue weighted by Gasteiger charge is -2.26. The van der Waals surface area contributed by atoms with Crippen molar-refractivity contribution < 1.29 is 14.0 Å². The van der Waals surface area contributed by atoms with Gasteiger partial charge in [0.2, 0.25) is 11.8 Å². The smallest absolute Gasteiger partial charge is 0.224 e. The van der Waals surface area contributed by atoms with Gasteiger partial charge in [-0.05, 0) is 36.5 Å². The fourth-order valence-electron chi connectivity index (χ4n) is 4.77. The monoisotopic (exact) mass is 422 g/mol. The third-order valence-corrected chi connectivity index (χ3v) is 6.49. The number of carbonyl (C=O) groups excluding carboxylic acids is 2. The van der Waals surface area contributed by atoms with E-state index in [-0.39, 0.29) is 11.8 Å². The first-order chi connectivity index (χ1) is 15.0. The van der Waals surface area contributed by atoms with Crippen molar-refractivity contribution in [3.8, 4) is 11.3 Å². The molecule has 0 atom stereocenters. The molecule has 0 spiro atoms.